The Morgan fingerprint density at radius 3 is 1.56 bits per heavy atom. The number of fused-ring (bicyclic) bond motifs is 2. The predicted molar refractivity (Wildman–Crippen MR) is 336 cm³/mol. The summed E-state index contributed by atoms with van der Waals surface area (Å²) in [4.78, 5) is 141. The van der Waals surface area contributed by atoms with Crippen LogP contribution < -0.4 is 53.4 Å². The maximum absolute atomic E-state index is 14.8. The van der Waals surface area contributed by atoms with Crippen LogP contribution in [0.25, 0.3) is 0 Å². The maximum atomic E-state index is 14.8. The molecule has 9 N–H and O–H groups in total. The Hall–Kier alpha value is -7.62. The quantitative estimate of drug-likeness (QED) is 0.0244. The van der Waals surface area contributed by atoms with Gasteiger partial charge in [-0.1, -0.05) is 111 Å². The molecular weight excluding hydrogens is 1120 g/mol. The van der Waals surface area contributed by atoms with Crippen LogP contribution in [0.1, 0.15) is 152 Å². The number of unbranched alkanes of at least 4 members (excludes halogenated alkanes) is 2. The number of likely N-dealkylation sites (N-methyl/N-ethyl adjacent to an activating group) is 2. The van der Waals surface area contributed by atoms with Crippen LogP contribution >= 0.6 is 0 Å². The lowest BCUT2D eigenvalue weighted by Crippen LogP contribution is -2.58. The largest absolute Gasteiger partial charge is 0.396 e. The molecule has 21 nitrogen and oxygen atoms in total. The minimum absolute atomic E-state index is 0.0320. The molecule has 4 aliphatic heterocycles. The van der Waals surface area contributed by atoms with Gasteiger partial charge in [0.25, 0.3) is 10.9 Å². The van der Waals surface area contributed by atoms with E-state index >= 15 is 0 Å². The third kappa shape index (κ3) is 16.0. The number of hydrogen-bond acceptors (Lipinski definition) is 15. The van der Waals surface area contributed by atoms with Crippen molar-refractivity contribution in [1.82, 2.24) is 41.7 Å². The topological polar surface area (TPSA) is 294 Å². The smallest absolute Gasteiger partial charge is 0.253 e. The van der Waals surface area contributed by atoms with E-state index in [9.17, 15) is 53.1 Å². The van der Waals surface area contributed by atoms with E-state index in [-0.39, 0.29) is 104 Å². The predicted octanol–water partition coefficient (Wildman–Crippen LogP) is 4.28. The van der Waals surface area contributed by atoms with Crippen molar-refractivity contribution in [1.29, 1.82) is 0 Å². The SMILES string of the molecule is CC[C@H](NC)C(=O)NC1C(=O)N2[C@@H](CC[C@@H]1CNC(=O)CCCNc1c(NCCCCCC(=O)[C@@H](NC(=O)[C@@H]3CC[C@@H]4CC[C@H](CO)[C@H](NC(=O)[C@H](CC)NC)C(=O)N43)c3ccccc3)c(=O)c1=O)CC[C@H]2C(=O)CC(c1ccccc1)c1ccccc1. The molecule has 6 amide bonds. The lowest BCUT2D eigenvalue weighted by molar-refractivity contribution is -0.144. The van der Waals surface area contributed by atoms with Gasteiger partial charge < -0.3 is 57.4 Å². The summed E-state index contributed by atoms with van der Waals surface area (Å²) in [6, 6.07) is 22.7. The van der Waals surface area contributed by atoms with Gasteiger partial charge in [-0.3, -0.25) is 47.9 Å². The summed E-state index contributed by atoms with van der Waals surface area (Å²) in [6.07, 6.45) is 7.64. The first-order valence-electron chi connectivity index (χ1n) is 31.9. The number of hydrogen-bond donors (Lipinski definition) is 9. The number of rotatable bonds is 32. The average molecular weight is 1210 g/mol. The van der Waals surface area contributed by atoms with Crippen molar-refractivity contribution in [2.75, 3.05) is 51.0 Å². The summed E-state index contributed by atoms with van der Waals surface area (Å²) in [5, 5.41) is 34.2. The van der Waals surface area contributed by atoms with Crippen LogP contribution in [0.3, 0.4) is 0 Å². The van der Waals surface area contributed by atoms with Crippen LogP contribution in [-0.4, -0.2) is 151 Å². The number of Topliss-reactive ketones (excluding diaryl/α,β-unsaturated/α-hetero) is 2. The van der Waals surface area contributed by atoms with Crippen LogP contribution in [0, 0.1) is 11.8 Å². The highest BCUT2D eigenvalue weighted by Gasteiger charge is 2.50. The first kappa shape index (κ1) is 66.3. The van der Waals surface area contributed by atoms with Crippen molar-refractivity contribution in [2.45, 2.75) is 183 Å². The van der Waals surface area contributed by atoms with Crippen LogP contribution in [0.2, 0.25) is 0 Å². The van der Waals surface area contributed by atoms with Gasteiger partial charge in [0.2, 0.25) is 35.4 Å². The summed E-state index contributed by atoms with van der Waals surface area (Å²) >= 11 is 0. The van der Waals surface area contributed by atoms with E-state index in [1.54, 1.807) is 48.2 Å². The number of nitrogens with one attached hydrogen (secondary N) is 8. The number of carbonyl (C=O) groups excluding carboxylic acids is 8. The summed E-state index contributed by atoms with van der Waals surface area (Å²) in [5.41, 5.74) is 1.59. The van der Waals surface area contributed by atoms with Gasteiger partial charge in [-0.2, -0.15) is 0 Å². The van der Waals surface area contributed by atoms with E-state index in [0.717, 1.165) is 11.1 Å². The fourth-order valence-electron chi connectivity index (χ4n) is 13.6. The first-order valence-corrected chi connectivity index (χ1v) is 31.9. The van der Waals surface area contributed by atoms with Crippen molar-refractivity contribution in [3.8, 4) is 0 Å². The summed E-state index contributed by atoms with van der Waals surface area (Å²) in [6.45, 7) is 4.09. The van der Waals surface area contributed by atoms with Gasteiger partial charge in [0, 0.05) is 75.3 Å². The number of ketones is 2. The Bertz CT molecular complexity index is 3060. The summed E-state index contributed by atoms with van der Waals surface area (Å²) < 4.78 is 0. The highest BCUT2D eigenvalue weighted by Crippen LogP contribution is 2.38. The molecule has 474 valence electrons. The Balaban J connectivity index is 0.795. The zero-order valence-corrected chi connectivity index (χ0v) is 51.4. The van der Waals surface area contributed by atoms with E-state index in [4.69, 9.17) is 0 Å². The Labute approximate surface area is 515 Å². The summed E-state index contributed by atoms with van der Waals surface area (Å²) in [5.74, 6) is -3.60. The minimum atomic E-state index is -1.01. The first-order chi connectivity index (χ1) is 42.6. The molecule has 88 heavy (non-hydrogen) atoms. The van der Waals surface area contributed by atoms with Crippen molar-refractivity contribution in [2.24, 2.45) is 11.8 Å². The van der Waals surface area contributed by atoms with Gasteiger partial charge in [-0.25, -0.2) is 0 Å². The van der Waals surface area contributed by atoms with E-state index in [2.05, 4.69) is 42.5 Å². The number of nitrogens with zero attached hydrogens (tertiary/aromatic N) is 2. The summed E-state index contributed by atoms with van der Waals surface area (Å²) in [7, 11) is 3.35. The molecule has 0 spiro atoms. The molecule has 4 aromatic rings. The number of aliphatic hydroxyl groups excluding tert-OH is 1. The van der Waals surface area contributed by atoms with E-state index in [0.29, 0.717) is 102 Å². The molecule has 4 saturated heterocycles. The molecule has 1 unspecified atom stereocenters. The Kier molecular flexibility index (Phi) is 24.1. The molecule has 0 saturated carbocycles. The highest BCUT2D eigenvalue weighted by atomic mass is 16.3. The molecule has 4 aliphatic rings. The van der Waals surface area contributed by atoms with Crippen molar-refractivity contribution in [3.05, 3.63) is 128 Å². The molecule has 4 heterocycles. The van der Waals surface area contributed by atoms with Gasteiger partial charge in [-0.05, 0) is 114 Å². The van der Waals surface area contributed by atoms with Crippen LogP contribution in [-0.2, 0) is 38.4 Å². The zero-order valence-electron chi connectivity index (χ0n) is 51.4. The molecule has 21 heteroatoms. The van der Waals surface area contributed by atoms with Crippen LogP contribution in [0.5, 0.6) is 0 Å². The molecule has 0 bridgehead atoms. The highest BCUT2D eigenvalue weighted by molar-refractivity contribution is 5.97. The molecule has 0 aliphatic carbocycles. The minimum Gasteiger partial charge on any atom is -0.396 e. The number of aliphatic hydroxyl groups is 1. The second kappa shape index (κ2) is 32.0. The monoisotopic (exact) mass is 1210 g/mol. The fourth-order valence-corrected chi connectivity index (χ4v) is 13.6. The molecule has 0 aromatic heterocycles. The standard InChI is InChI=1S/C67H90N10O11/c1-5-49(68-3)63(84)74-57-44(28-30-46-32-34-51(76(46)66(57)87)54(80)38-48(41-20-11-7-12-21-41)42-22-13-8-14-23-42)39-72-55(81)27-19-37-71-60-59(61(82)62(60)83)70-36-18-10-17-26-53(79)56(43-24-15-9-16-25-43)73-65(86)52-35-33-47-31-29-45(40-78)58(67(88)77(47)52)75-64(85)50(6-2)69-4/h7-9,11-16,20-25,44-52,56-58,68-71,78H,5-6,10,17-19,26-40H2,1-4H3,(H,72,81)(H,73,86)(H,74,84)(H,75,85)/t44-,45-,46+,47+,49+,50+,51+,52+,56+,57?,58+/m1/s1. The molecule has 4 aromatic carbocycles. The van der Waals surface area contributed by atoms with E-state index in [1.165, 1.54) is 0 Å². The third-order valence-corrected chi connectivity index (χ3v) is 18.7. The number of carbonyl (C=O) groups is 8. The molecular formula is C67H90N10O11. The van der Waals surface area contributed by atoms with Crippen LogP contribution in [0.4, 0.5) is 11.4 Å². The van der Waals surface area contributed by atoms with Crippen molar-refractivity contribution < 1.29 is 43.5 Å². The zero-order chi connectivity index (χ0) is 62.9. The van der Waals surface area contributed by atoms with Crippen molar-refractivity contribution >= 4 is 58.4 Å². The van der Waals surface area contributed by atoms with Gasteiger partial charge in [0.15, 0.2) is 11.6 Å². The normalized spacial score (nSPS) is 22.8. The van der Waals surface area contributed by atoms with Gasteiger partial charge in [0.1, 0.15) is 35.5 Å². The third-order valence-electron chi connectivity index (χ3n) is 18.7. The van der Waals surface area contributed by atoms with E-state index < -0.39 is 76.8 Å². The maximum Gasteiger partial charge on any atom is 0.253 e. The number of benzene rings is 3. The van der Waals surface area contributed by atoms with Gasteiger partial charge in [0.05, 0.1) is 18.1 Å². The second-order valence-corrected chi connectivity index (χ2v) is 24.2. The molecule has 0 radical (unpaired) electrons. The molecule has 4 fully saturated rings. The second-order valence-electron chi connectivity index (χ2n) is 24.2. The lowest BCUT2D eigenvalue weighted by atomic mass is 9.85. The Morgan fingerprint density at radius 1 is 0.557 bits per heavy atom. The lowest BCUT2D eigenvalue weighted by Gasteiger charge is -2.33. The number of anilines is 2. The van der Waals surface area contributed by atoms with Crippen LogP contribution in [0.15, 0.2) is 101 Å². The van der Waals surface area contributed by atoms with Gasteiger partial charge >= 0.3 is 0 Å². The van der Waals surface area contributed by atoms with E-state index in [1.807, 2.05) is 80.6 Å². The Morgan fingerprint density at radius 2 is 1.03 bits per heavy atom. The van der Waals surface area contributed by atoms with Gasteiger partial charge in [-0.15, -0.1) is 0 Å². The van der Waals surface area contributed by atoms with Crippen molar-refractivity contribution in [3.63, 3.8) is 0 Å². The molecule has 11 atom stereocenters. The fraction of sp³-hybridized carbons (Fsp3) is 0.552. The molecule has 8 rings (SSSR count). The number of amides is 6. The average Bonchev–Trinajstić information content (AvgIpc) is 1.87.